The Bertz CT molecular complexity index is 82.5. The van der Waals surface area contributed by atoms with Gasteiger partial charge in [0.25, 0.3) is 0 Å². The third kappa shape index (κ3) is 2.67. The van der Waals surface area contributed by atoms with Gasteiger partial charge < -0.3 is 5.11 Å². The van der Waals surface area contributed by atoms with Gasteiger partial charge in [-0.1, -0.05) is 13.2 Å². The molecule has 0 aromatic heterocycles. The predicted molar refractivity (Wildman–Crippen MR) is 34.8 cm³/mol. The molecule has 0 heterocycles. The van der Waals surface area contributed by atoms with E-state index < -0.39 is 5.97 Å². The molecule has 0 fully saturated rings. The number of rotatable bonds is 3. The van der Waals surface area contributed by atoms with Crippen LogP contribution in [0.1, 0.15) is 13.3 Å². The summed E-state index contributed by atoms with van der Waals surface area (Å²) < 4.78 is 0. The number of hydrogen-bond acceptors (Lipinski definition) is 1. The molecule has 1 N–H and O–H groups in total. The van der Waals surface area contributed by atoms with Crippen LogP contribution in [0.5, 0.6) is 0 Å². The number of carbonyl (C=O) groups is 1. The van der Waals surface area contributed by atoms with Gasteiger partial charge in [-0.05, 0) is 6.42 Å². The summed E-state index contributed by atoms with van der Waals surface area (Å²) in [6.45, 7) is 1.73. The van der Waals surface area contributed by atoms with Crippen LogP contribution in [0.2, 0.25) is 6.32 Å². The molecule has 0 saturated heterocycles. The second-order valence-corrected chi connectivity index (χ2v) is 2.03. The normalized spacial score (nSPS) is 13.1. The second-order valence-electron chi connectivity index (χ2n) is 2.03. The molecule has 0 amide bonds. The molecule has 0 radical (unpaired) electrons. The zero-order chi connectivity index (χ0) is 6.57. The van der Waals surface area contributed by atoms with Crippen molar-refractivity contribution in [2.75, 3.05) is 0 Å². The summed E-state index contributed by atoms with van der Waals surface area (Å²) in [7, 11) is 1.99. The number of carboxylic acids is 1. The first-order valence-electron chi connectivity index (χ1n) is 2.91. The zero-order valence-corrected chi connectivity index (χ0v) is 5.35. The highest BCUT2D eigenvalue weighted by Gasteiger charge is 2.07. The lowest BCUT2D eigenvalue weighted by Crippen LogP contribution is -2.08. The molecule has 0 aliphatic carbocycles. The van der Waals surface area contributed by atoms with Crippen molar-refractivity contribution in [1.29, 1.82) is 0 Å². The van der Waals surface area contributed by atoms with Crippen molar-refractivity contribution >= 4 is 13.8 Å². The Labute approximate surface area is 50.3 Å². The molecule has 1 unspecified atom stereocenters. The quantitative estimate of drug-likeness (QED) is 0.530. The number of carboxylic acid groups (broad SMARTS) is 1. The lowest BCUT2D eigenvalue weighted by Gasteiger charge is -2.00. The van der Waals surface area contributed by atoms with Crippen molar-refractivity contribution in [2.24, 2.45) is 5.92 Å². The van der Waals surface area contributed by atoms with Gasteiger partial charge in [0, 0.05) is 0 Å². The van der Waals surface area contributed by atoms with Crippen LogP contribution in [0.4, 0.5) is 0 Å². The van der Waals surface area contributed by atoms with E-state index in [4.69, 9.17) is 5.11 Å². The van der Waals surface area contributed by atoms with Crippen LogP contribution < -0.4 is 0 Å². The zero-order valence-electron chi connectivity index (χ0n) is 5.35. The van der Waals surface area contributed by atoms with E-state index in [9.17, 15) is 4.79 Å². The van der Waals surface area contributed by atoms with Crippen LogP contribution in [-0.2, 0) is 4.79 Å². The monoisotopic (exact) mass is 114 g/mol. The molecule has 0 rings (SSSR count). The standard InChI is InChI=1S/C5H11BO2/c1-4(2-3-6)5(7)8/h4H,2-3,6H2,1H3,(H,7,8). The SMILES string of the molecule is BCCC(C)C(=O)O. The van der Waals surface area contributed by atoms with Crippen LogP contribution in [0.25, 0.3) is 0 Å². The Morgan fingerprint density at radius 3 is 2.50 bits per heavy atom. The Morgan fingerprint density at radius 1 is 1.88 bits per heavy atom. The Morgan fingerprint density at radius 2 is 2.38 bits per heavy atom. The molecule has 0 aliphatic rings. The fourth-order valence-electron chi connectivity index (χ4n) is 0.556. The Hall–Kier alpha value is -0.465. The van der Waals surface area contributed by atoms with Gasteiger partial charge in [0.1, 0.15) is 7.85 Å². The molecule has 0 aromatic rings. The topological polar surface area (TPSA) is 37.3 Å². The lowest BCUT2D eigenvalue weighted by molar-refractivity contribution is -0.141. The largest absolute Gasteiger partial charge is 0.481 e. The van der Waals surface area contributed by atoms with Gasteiger partial charge in [0.05, 0.1) is 5.92 Å². The predicted octanol–water partition coefficient (Wildman–Crippen LogP) is 0.149. The van der Waals surface area contributed by atoms with Crippen molar-refractivity contribution < 1.29 is 9.90 Å². The molecule has 0 aromatic carbocycles. The number of hydrogen-bond donors (Lipinski definition) is 1. The van der Waals surface area contributed by atoms with Gasteiger partial charge >= 0.3 is 5.97 Å². The van der Waals surface area contributed by atoms with E-state index in [-0.39, 0.29) is 5.92 Å². The molecule has 0 spiro atoms. The lowest BCUT2D eigenvalue weighted by atomic mass is 9.95. The van der Waals surface area contributed by atoms with Crippen molar-refractivity contribution in [1.82, 2.24) is 0 Å². The third-order valence-electron chi connectivity index (χ3n) is 1.14. The summed E-state index contributed by atoms with van der Waals surface area (Å²) in [5.41, 5.74) is 0. The molecule has 1 atom stereocenters. The summed E-state index contributed by atoms with van der Waals surface area (Å²) in [6, 6.07) is 0. The van der Waals surface area contributed by atoms with E-state index in [1.54, 1.807) is 6.92 Å². The van der Waals surface area contributed by atoms with Gasteiger partial charge in [-0.15, -0.1) is 0 Å². The average Bonchev–Trinajstić information content (AvgIpc) is 1.67. The highest BCUT2D eigenvalue weighted by molar-refractivity contribution is 6.08. The van der Waals surface area contributed by atoms with Gasteiger partial charge in [0.15, 0.2) is 0 Å². The molecule has 8 heavy (non-hydrogen) atoms. The summed E-state index contributed by atoms with van der Waals surface area (Å²) in [4.78, 5) is 10.1. The summed E-state index contributed by atoms with van der Waals surface area (Å²) in [6.07, 6.45) is 1.74. The van der Waals surface area contributed by atoms with E-state index >= 15 is 0 Å². The minimum absolute atomic E-state index is 0.167. The summed E-state index contributed by atoms with van der Waals surface area (Å²) in [5, 5.41) is 8.31. The molecular formula is C5H11BO2. The van der Waals surface area contributed by atoms with E-state index in [0.717, 1.165) is 12.7 Å². The van der Waals surface area contributed by atoms with E-state index in [0.29, 0.717) is 0 Å². The van der Waals surface area contributed by atoms with E-state index in [1.165, 1.54) is 0 Å². The van der Waals surface area contributed by atoms with Crippen molar-refractivity contribution in [3.05, 3.63) is 0 Å². The summed E-state index contributed by atoms with van der Waals surface area (Å²) in [5.74, 6) is -0.855. The highest BCUT2D eigenvalue weighted by atomic mass is 16.4. The van der Waals surface area contributed by atoms with Crippen LogP contribution in [-0.4, -0.2) is 18.9 Å². The smallest absolute Gasteiger partial charge is 0.306 e. The molecule has 46 valence electrons. The minimum atomic E-state index is -0.688. The fourth-order valence-corrected chi connectivity index (χ4v) is 0.556. The minimum Gasteiger partial charge on any atom is -0.481 e. The second kappa shape index (κ2) is 3.53. The van der Waals surface area contributed by atoms with Gasteiger partial charge in [-0.3, -0.25) is 4.79 Å². The van der Waals surface area contributed by atoms with E-state index in [2.05, 4.69) is 0 Å². The first kappa shape index (κ1) is 7.53. The Kier molecular flexibility index (Phi) is 3.32. The molecule has 0 aliphatic heterocycles. The van der Waals surface area contributed by atoms with E-state index in [1.807, 2.05) is 7.85 Å². The molecule has 0 bridgehead atoms. The fraction of sp³-hybridized carbons (Fsp3) is 0.800. The van der Waals surface area contributed by atoms with Crippen LogP contribution in [0.15, 0.2) is 0 Å². The van der Waals surface area contributed by atoms with Gasteiger partial charge in [0.2, 0.25) is 0 Å². The van der Waals surface area contributed by atoms with Crippen LogP contribution in [0, 0.1) is 5.92 Å². The molecular weight excluding hydrogens is 103 g/mol. The number of aliphatic carboxylic acids is 1. The first-order valence-corrected chi connectivity index (χ1v) is 2.91. The van der Waals surface area contributed by atoms with Crippen molar-refractivity contribution in [2.45, 2.75) is 19.7 Å². The van der Waals surface area contributed by atoms with Gasteiger partial charge in [-0.25, -0.2) is 0 Å². The highest BCUT2D eigenvalue weighted by Crippen LogP contribution is 2.02. The van der Waals surface area contributed by atoms with Crippen molar-refractivity contribution in [3.8, 4) is 0 Å². The molecule has 0 saturated carbocycles. The maximum Gasteiger partial charge on any atom is 0.306 e. The first-order chi connectivity index (χ1) is 3.68. The molecule has 3 heteroatoms. The maximum atomic E-state index is 10.1. The average molecular weight is 114 g/mol. The van der Waals surface area contributed by atoms with Crippen LogP contribution in [0.3, 0.4) is 0 Å². The molecule has 2 nitrogen and oxygen atoms in total. The van der Waals surface area contributed by atoms with Crippen molar-refractivity contribution in [3.63, 3.8) is 0 Å². The Balaban J connectivity index is 3.32. The van der Waals surface area contributed by atoms with Gasteiger partial charge in [-0.2, -0.15) is 0 Å². The maximum absolute atomic E-state index is 10.1. The third-order valence-corrected chi connectivity index (χ3v) is 1.14. The van der Waals surface area contributed by atoms with Crippen LogP contribution >= 0.6 is 0 Å². The summed E-state index contributed by atoms with van der Waals surface area (Å²) >= 11 is 0.